The lowest BCUT2D eigenvalue weighted by Gasteiger charge is -2.16. The molecule has 2 nitrogen and oxygen atoms in total. The highest BCUT2D eigenvalue weighted by atomic mass is 79.9. The van der Waals surface area contributed by atoms with Crippen LogP contribution in [0.25, 0.3) is 0 Å². The van der Waals surface area contributed by atoms with Gasteiger partial charge in [-0.25, -0.2) is 8.78 Å². The Morgan fingerprint density at radius 3 is 2.50 bits per heavy atom. The molecule has 5 heteroatoms. The van der Waals surface area contributed by atoms with Crippen molar-refractivity contribution in [1.82, 2.24) is 4.98 Å². The second-order valence-electron chi connectivity index (χ2n) is 3.89. The minimum absolute atomic E-state index is 0.0974. The van der Waals surface area contributed by atoms with Crippen LogP contribution in [-0.2, 0) is 0 Å². The SMILES string of the molecule is CC(Nc1cc(Br)c(F)cc1F)c1ccncc1. The normalized spacial score (nSPS) is 12.2. The summed E-state index contributed by atoms with van der Waals surface area (Å²) >= 11 is 3.03. The Morgan fingerprint density at radius 2 is 1.83 bits per heavy atom. The van der Waals surface area contributed by atoms with E-state index in [1.807, 2.05) is 19.1 Å². The molecular formula is C13H11BrF2N2. The van der Waals surface area contributed by atoms with Crippen LogP contribution >= 0.6 is 15.9 Å². The monoisotopic (exact) mass is 312 g/mol. The van der Waals surface area contributed by atoms with Gasteiger partial charge in [0.2, 0.25) is 0 Å². The lowest BCUT2D eigenvalue weighted by molar-refractivity contribution is 0.579. The van der Waals surface area contributed by atoms with Crippen LogP contribution in [0.4, 0.5) is 14.5 Å². The first kappa shape index (κ1) is 13.0. The topological polar surface area (TPSA) is 24.9 Å². The lowest BCUT2D eigenvalue weighted by Crippen LogP contribution is -2.08. The van der Waals surface area contributed by atoms with E-state index in [2.05, 4.69) is 26.2 Å². The molecule has 0 aliphatic heterocycles. The Bertz CT molecular complexity index is 546. The Balaban J connectivity index is 2.22. The zero-order chi connectivity index (χ0) is 13.1. The van der Waals surface area contributed by atoms with Gasteiger partial charge in [-0.3, -0.25) is 4.98 Å². The van der Waals surface area contributed by atoms with Gasteiger partial charge in [-0.05, 0) is 46.6 Å². The van der Waals surface area contributed by atoms with Crippen molar-refractivity contribution >= 4 is 21.6 Å². The molecule has 1 N–H and O–H groups in total. The van der Waals surface area contributed by atoms with Crippen LogP contribution in [0.2, 0.25) is 0 Å². The van der Waals surface area contributed by atoms with Crippen molar-refractivity contribution < 1.29 is 8.78 Å². The van der Waals surface area contributed by atoms with Crippen molar-refractivity contribution in [1.29, 1.82) is 0 Å². The van der Waals surface area contributed by atoms with E-state index in [0.717, 1.165) is 11.6 Å². The van der Waals surface area contributed by atoms with Gasteiger partial charge in [0.25, 0.3) is 0 Å². The van der Waals surface area contributed by atoms with E-state index in [-0.39, 0.29) is 16.2 Å². The number of halogens is 3. The Hall–Kier alpha value is -1.49. The molecule has 1 unspecified atom stereocenters. The van der Waals surface area contributed by atoms with Crippen molar-refractivity contribution in [3.8, 4) is 0 Å². The minimum Gasteiger partial charge on any atom is -0.376 e. The van der Waals surface area contributed by atoms with E-state index in [1.165, 1.54) is 6.07 Å². The molecule has 0 saturated carbocycles. The van der Waals surface area contributed by atoms with Crippen LogP contribution in [0.5, 0.6) is 0 Å². The number of pyridine rings is 1. The number of aromatic nitrogens is 1. The smallest absolute Gasteiger partial charge is 0.149 e. The van der Waals surface area contributed by atoms with Crippen molar-refractivity contribution in [3.05, 3.63) is 58.3 Å². The maximum absolute atomic E-state index is 13.6. The van der Waals surface area contributed by atoms with Crippen LogP contribution in [0.1, 0.15) is 18.5 Å². The minimum atomic E-state index is -0.616. The first-order valence-electron chi connectivity index (χ1n) is 5.39. The molecular weight excluding hydrogens is 302 g/mol. The maximum Gasteiger partial charge on any atom is 0.149 e. The highest BCUT2D eigenvalue weighted by Crippen LogP contribution is 2.26. The second-order valence-corrected chi connectivity index (χ2v) is 4.75. The number of benzene rings is 1. The molecule has 0 amide bonds. The highest BCUT2D eigenvalue weighted by Gasteiger charge is 2.11. The summed E-state index contributed by atoms with van der Waals surface area (Å²) in [7, 11) is 0. The summed E-state index contributed by atoms with van der Waals surface area (Å²) < 4.78 is 26.9. The van der Waals surface area contributed by atoms with Crippen molar-refractivity contribution in [3.63, 3.8) is 0 Å². The van der Waals surface area contributed by atoms with Crippen molar-refractivity contribution in [2.75, 3.05) is 5.32 Å². The summed E-state index contributed by atoms with van der Waals surface area (Å²) in [5.41, 5.74) is 1.23. The average Bonchev–Trinajstić information content (AvgIpc) is 2.37. The fourth-order valence-corrected chi connectivity index (χ4v) is 1.95. The van der Waals surface area contributed by atoms with E-state index in [9.17, 15) is 8.78 Å². The lowest BCUT2D eigenvalue weighted by atomic mass is 10.1. The molecule has 0 spiro atoms. The average molecular weight is 313 g/mol. The molecule has 94 valence electrons. The van der Waals surface area contributed by atoms with Gasteiger partial charge in [-0.15, -0.1) is 0 Å². The highest BCUT2D eigenvalue weighted by molar-refractivity contribution is 9.10. The first-order chi connectivity index (χ1) is 8.58. The van der Waals surface area contributed by atoms with Gasteiger partial charge in [0.1, 0.15) is 11.6 Å². The molecule has 0 fully saturated rings. The zero-order valence-corrected chi connectivity index (χ0v) is 11.2. The third-order valence-electron chi connectivity index (χ3n) is 2.59. The molecule has 0 saturated heterocycles. The maximum atomic E-state index is 13.6. The quantitative estimate of drug-likeness (QED) is 0.855. The molecule has 1 heterocycles. The van der Waals surface area contributed by atoms with Crippen LogP contribution in [0.3, 0.4) is 0 Å². The van der Waals surface area contributed by atoms with Gasteiger partial charge < -0.3 is 5.32 Å². The molecule has 0 bridgehead atoms. The Kier molecular flexibility index (Phi) is 3.91. The van der Waals surface area contributed by atoms with Crippen LogP contribution in [0, 0.1) is 11.6 Å². The van der Waals surface area contributed by atoms with E-state index in [0.29, 0.717) is 0 Å². The van der Waals surface area contributed by atoms with Crippen LogP contribution in [0.15, 0.2) is 41.1 Å². The van der Waals surface area contributed by atoms with E-state index in [1.54, 1.807) is 12.4 Å². The molecule has 2 rings (SSSR count). The molecule has 0 aliphatic carbocycles. The number of nitrogens with one attached hydrogen (secondary N) is 1. The van der Waals surface area contributed by atoms with Gasteiger partial charge in [0.15, 0.2) is 0 Å². The molecule has 0 aliphatic rings. The van der Waals surface area contributed by atoms with E-state index < -0.39 is 11.6 Å². The number of rotatable bonds is 3. The fraction of sp³-hybridized carbons (Fsp3) is 0.154. The van der Waals surface area contributed by atoms with E-state index >= 15 is 0 Å². The third-order valence-corrected chi connectivity index (χ3v) is 3.20. The fourth-order valence-electron chi connectivity index (χ4n) is 1.60. The number of anilines is 1. The standard InChI is InChI=1S/C13H11BrF2N2/c1-8(9-2-4-17-5-3-9)18-13-6-10(14)11(15)7-12(13)16/h2-8,18H,1H3. The predicted octanol–water partition coefficient (Wildman–Crippen LogP) is 4.30. The third kappa shape index (κ3) is 2.85. The first-order valence-corrected chi connectivity index (χ1v) is 6.18. The Labute approximate surface area is 112 Å². The molecule has 0 radical (unpaired) electrons. The van der Waals surface area contributed by atoms with Gasteiger partial charge in [-0.2, -0.15) is 0 Å². The van der Waals surface area contributed by atoms with Crippen molar-refractivity contribution in [2.24, 2.45) is 0 Å². The summed E-state index contributed by atoms with van der Waals surface area (Å²) in [6.07, 6.45) is 3.34. The number of hydrogen-bond acceptors (Lipinski definition) is 2. The molecule has 1 aromatic heterocycles. The largest absolute Gasteiger partial charge is 0.376 e. The molecule has 18 heavy (non-hydrogen) atoms. The Morgan fingerprint density at radius 1 is 1.17 bits per heavy atom. The van der Waals surface area contributed by atoms with Gasteiger partial charge in [-0.1, -0.05) is 0 Å². The van der Waals surface area contributed by atoms with Gasteiger partial charge >= 0.3 is 0 Å². The molecule has 1 atom stereocenters. The van der Waals surface area contributed by atoms with Gasteiger partial charge in [0.05, 0.1) is 10.2 Å². The predicted molar refractivity (Wildman–Crippen MR) is 70.3 cm³/mol. The van der Waals surface area contributed by atoms with Crippen LogP contribution < -0.4 is 5.32 Å². The van der Waals surface area contributed by atoms with Crippen LogP contribution in [-0.4, -0.2) is 4.98 Å². The summed E-state index contributed by atoms with van der Waals surface area (Å²) in [5, 5.41) is 3.00. The van der Waals surface area contributed by atoms with Crippen molar-refractivity contribution in [2.45, 2.75) is 13.0 Å². The summed E-state index contributed by atoms with van der Waals surface area (Å²) in [5.74, 6) is -1.23. The summed E-state index contributed by atoms with van der Waals surface area (Å²) in [6.45, 7) is 1.89. The van der Waals surface area contributed by atoms with E-state index in [4.69, 9.17) is 0 Å². The molecule has 2 aromatic rings. The number of hydrogen-bond donors (Lipinski definition) is 1. The molecule has 1 aromatic carbocycles. The number of nitrogens with zero attached hydrogens (tertiary/aromatic N) is 1. The second kappa shape index (κ2) is 5.44. The zero-order valence-electron chi connectivity index (χ0n) is 9.62. The summed E-state index contributed by atoms with van der Waals surface area (Å²) in [4.78, 5) is 3.92. The summed E-state index contributed by atoms with van der Waals surface area (Å²) in [6, 6.07) is 5.83. The van der Waals surface area contributed by atoms with Gasteiger partial charge in [0, 0.05) is 24.5 Å².